The highest BCUT2D eigenvalue weighted by atomic mass is 16.5. The van der Waals surface area contributed by atoms with E-state index in [2.05, 4.69) is 12.0 Å². The standard InChI is InChI=1S/C15H19N3O3/c1-2-12-11-20-9-8-18(12)15(19)14-5-4-13(21-14)10-17-7-3-6-16-17/h3-7,12H,2,8-11H2,1H3/t12-/m0/s1. The van der Waals surface area contributed by atoms with Crippen LogP contribution in [0.4, 0.5) is 0 Å². The van der Waals surface area contributed by atoms with Crippen LogP contribution in [-0.4, -0.2) is 46.4 Å². The molecule has 1 saturated heterocycles. The first-order valence-electron chi connectivity index (χ1n) is 7.22. The average molecular weight is 289 g/mol. The molecule has 0 radical (unpaired) electrons. The number of furan rings is 1. The van der Waals surface area contributed by atoms with Gasteiger partial charge in [0.2, 0.25) is 0 Å². The van der Waals surface area contributed by atoms with Crippen molar-refractivity contribution < 1.29 is 13.9 Å². The summed E-state index contributed by atoms with van der Waals surface area (Å²) in [6, 6.07) is 5.56. The fourth-order valence-corrected chi connectivity index (χ4v) is 2.53. The molecule has 0 bridgehead atoms. The van der Waals surface area contributed by atoms with E-state index in [4.69, 9.17) is 9.15 Å². The zero-order valence-corrected chi connectivity index (χ0v) is 12.1. The normalized spacial score (nSPS) is 18.9. The first-order chi connectivity index (χ1) is 10.3. The van der Waals surface area contributed by atoms with Crippen molar-refractivity contribution in [3.63, 3.8) is 0 Å². The minimum absolute atomic E-state index is 0.0585. The van der Waals surface area contributed by atoms with E-state index < -0.39 is 0 Å². The molecule has 6 heteroatoms. The lowest BCUT2D eigenvalue weighted by Gasteiger charge is -2.34. The molecule has 0 aromatic carbocycles. The molecule has 0 saturated carbocycles. The number of morpholine rings is 1. The molecule has 1 fully saturated rings. The third-order valence-corrected chi connectivity index (χ3v) is 3.71. The van der Waals surface area contributed by atoms with Gasteiger partial charge in [-0.1, -0.05) is 6.92 Å². The minimum Gasteiger partial charge on any atom is -0.454 e. The van der Waals surface area contributed by atoms with E-state index in [0.29, 0.717) is 32.1 Å². The first kappa shape index (κ1) is 13.9. The fourth-order valence-electron chi connectivity index (χ4n) is 2.53. The highest BCUT2D eigenvalue weighted by molar-refractivity contribution is 5.91. The van der Waals surface area contributed by atoms with Crippen LogP contribution >= 0.6 is 0 Å². The summed E-state index contributed by atoms with van der Waals surface area (Å²) in [7, 11) is 0. The first-order valence-corrected chi connectivity index (χ1v) is 7.22. The molecule has 0 spiro atoms. The number of amides is 1. The number of hydrogen-bond acceptors (Lipinski definition) is 4. The summed E-state index contributed by atoms with van der Waals surface area (Å²) in [5, 5.41) is 4.13. The summed E-state index contributed by atoms with van der Waals surface area (Å²) < 4.78 is 12.9. The van der Waals surface area contributed by atoms with Gasteiger partial charge in [-0.3, -0.25) is 9.48 Å². The van der Waals surface area contributed by atoms with Crippen molar-refractivity contribution in [3.05, 3.63) is 42.1 Å². The monoisotopic (exact) mass is 289 g/mol. The third-order valence-electron chi connectivity index (χ3n) is 3.71. The summed E-state index contributed by atoms with van der Waals surface area (Å²) in [5.41, 5.74) is 0. The van der Waals surface area contributed by atoms with Crippen LogP contribution in [0.25, 0.3) is 0 Å². The fraction of sp³-hybridized carbons (Fsp3) is 0.467. The number of carbonyl (C=O) groups excluding carboxylic acids is 1. The lowest BCUT2D eigenvalue weighted by molar-refractivity contribution is -0.00441. The van der Waals surface area contributed by atoms with Gasteiger partial charge in [-0.15, -0.1) is 0 Å². The number of carbonyl (C=O) groups is 1. The van der Waals surface area contributed by atoms with Crippen LogP contribution < -0.4 is 0 Å². The van der Waals surface area contributed by atoms with Gasteiger partial charge in [-0.2, -0.15) is 5.10 Å². The van der Waals surface area contributed by atoms with E-state index in [1.165, 1.54) is 0 Å². The Morgan fingerprint density at radius 1 is 1.48 bits per heavy atom. The van der Waals surface area contributed by atoms with Crippen molar-refractivity contribution in [2.24, 2.45) is 0 Å². The Morgan fingerprint density at radius 2 is 2.38 bits per heavy atom. The molecule has 3 heterocycles. The second-order valence-electron chi connectivity index (χ2n) is 5.11. The number of nitrogens with zero attached hydrogens (tertiary/aromatic N) is 3. The van der Waals surface area contributed by atoms with Gasteiger partial charge in [0, 0.05) is 18.9 Å². The lowest BCUT2D eigenvalue weighted by Crippen LogP contribution is -2.48. The van der Waals surface area contributed by atoms with Gasteiger partial charge in [0.15, 0.2) is 5.76 Å². The third kappa shape index (κ3) is 3.00. The van der Waals surface area contributed by atoms with Crippen LogP contribution in [0.15, 0.2) is 35.0 Å². The summed E-state index contributed by atoms with van der Waals surface area (Å²) in [6.07, 6.45) is 4.46. The maximum atomic E-state index is 12.5. The van der Waals surface area contributed by atoms with E-state index in [1.807, 2.05) is 23.2 Å². The van der Waals surface area contributed by atoms with Crippen molar-refractivity contribution in [1.82, 2.24) is 14.7 Å². The zero-order valence-electron chi connectivity index (χ0n) is 12.1. The van der Waals surface area contributed by atoms with Gasteiger partial charge in [0.25, 0.3) is 5.91 Å². The van der Waals surface area contributed by atoms with Gasteiger partial charge < -0.3 is 14.1 Å². The van der Waals surface area contributed by atoms with Gasteiger partial charge in [0.05, 0.1) is 25.8 Å². The Kier molecular flexibility index (Phi) is 4.06. The van der Waals surface area contributed by atoms with Crippen LogP contribution in [0.2, 0.25) is 0 Å². The Hall–Kier alpha value is -2.08. The maximum absolute atomic E-state index is 12.5. The molecule has 0 unspecified atom stereocenters. The molecule has 3 rings (SSSR count). The van der Waals surface area contributed by atoms with Crippen molar-refractivity contribution in [2.45, 2.75) is 25.9 Å². The van der Waals surface area contributed by atoms with Crippen molar-refractivity contribution in [3.8, 4) is 0 Å². The molecule has 1 atom stereocenters. The van der Waals surface area contributed by atoms with E-state index >= 15 is 0 Å². The van der Waals surface area contributed by atoms with Crippen LogP contribution in [0, 0.1) is 0 Å². The number of rotatable bonds is 4. The zero-order chi connectivity index (χ0) is 14.7. The molecule has 0 aliphatic carbocycles. The van der Waals surface area contributed by atoms with Crippen molar-refractivity contribution in [2.75, 3.05) is 19.8 Å². The molecule has 1 aliphatic rings. The van der Waals surface area contributed by atoms with Crippen LogP contribution in [-0.2, 0) is 11.3 Å². The van der Waals surface area contributed by atoms with Crippen LogP contribution in [0.5, 0.6) is 0 Å². The quantitative estimate of drug-likeness (QED) is 0.860. The van der Waals surface area contributed by atoms with Gasteiger partial charge in [0.1, 0.15) is 5.76 Å². The maximum Gasteiger partial charge on any atom is 0.289 e. The van der Waals surface area contributed by atoms with E-state index in [1.54, 1.807) is 16.9 Å². The number of hydrogen-bond donors (Lipinski definition) is 0. The number of aromatic nitrogens is 2. The lowest BCUT2D eigenvalue weighted by atomic mass is 10.1. The topological polar surface area (TPSA) is 60.5 Å². The Bertz CT molecular complexity index is 591. The minimum atomic E-state index is -0.0585. The van der Waals surface area contributed by atoms with Crippen LogP contribution in [0.3, 0.4) is 0 Å². The van der Waals surface area contributed by atoms with Crippen molar-refractivity contribution >= 4 is 5.91 Å². The Labute approximate surface area is 123 Å². The Morgan fingerprint density at radius 3 is 3.14 bits per heavy atom. The molecular weight excluding hydrogens is 270 g/mol. The van der Waals surface area contributed by atoms with E-state index in [-0.39, 0.29) is 11.9 Å². The van der Waals surface area contributed by atoms with Gasteiger partial charge in [-0.25, -0.2) is 0 Å². The highest BCUT2D eigenvalue weighted by Gasteiger charge is 2.28. The molecule has 0 N–H and O–H groups in total. The van der Waals surface area contributed by atoms with E-state index in [9.17, 15) is 4.79 Å². The average Bonchev–Trinajstić information content (AvgIpc) is 3.19. The summed E-state index contributed by atoms with van der Waals surface area (Å²) in [4.78, 5) is 14.4. The molecule has 1 aliphatic heterocycles. The number of ether oxygens (including phenoxy) is 1. The van der Waals surface area contributed by atoms with Gasteiger partial charge in [-0.05, 0) is 24.6 Å². The molecular formula is C15H19N3O3. The summed E-state index contributed by atoms with van der Waals surface area (Å²) in [5.74, 6) is 1.05. The van der Waals surface area contributed by atoms with Gasteiger partial charge >= 0.3 is 0 Å². The predicted octanol–water partition coefficient (Wildman–Crippen LogP) is 1.78. The molecule has 1 amide bonds. The molecule has 2 aromatic rings. The highest BCUT2D eigenvalue weighted by Crippen LogP contribution is 2.17. The molecule has 21 heavy (non-hydrogen) atoms. The molecule has 2 aromatic heterocycles. The van der Waals surface area contributed by atoms with Crippen LogP contribution in [0.1, 0.15) is 29.7 Å². The smallest absolute Gasteiger partial charge is 0.289 e. The summed E-state index contributed by atoms with van der Waals surface area (Å²) >= 11 is 0. The van der Waals surface area contributed by atoms with E-state index in [0.717, 1.165) is 12.2 Å². The molecule has 112 valence electrons. The largest absolute Gasteiger partial charge is 0.454 e. The SMILES string of the molecule is CC[C@H]1COCCN1C(=O)c1ccc(Cn2cccn2)o1. The second-order valence-corrected chi connectivity index (χ2v) is 5.11. The molecule has 6 nitrogen and oxygen atoms in total. The predicted molar refractivity (Wildman–Crippen MR) is 76.0 cm³/mol. The second kappa shape index (κ2) is 6.13. The van der Waals surface area contributed by atoms with Crippen molar-refractivity contribution in [1.29, 1.82) is 0 Å². The Balaban J connectivity index is 1.71. The summed E-state index contributed by atoms with van der Waals surface area (Å²) in [6.45, 7) is 4.39.